The van der Waals surface area contributed by atoms with Crippen molar-refractivity contribution in [3.05, 3.63) is 47.0 Å². The van der Waals surface area contributed by atoms with Gasteiger partial charge in [0, 0.05) is 12.7 Å². The van der Waals surface area contributed by atoms with Gasteiger partial charge in [-0.2, -0.15) is 5.10 Å². The fourth-order valence-corrected chi connectivity index (χ4v) is 1.69. The molecule has 2 rings (SSSR count). The van der Waals surface area contributed by atoms with Gasteiger partial charge in [0.15, 0.2) is 0 Å². The lowest BCUT2D eigenvalue weighted by atomic mass is 10.3. The Labute approximate surface area is 97.8 Å². The summed E-state index contributed by atoms with van der Waals surface area (Å²) in [6, 6.07) is 6.13. The van der Waals surface area contributed by atoms with Gasteiger partial charge in [0.25, 0.3) is 0 Å². The summed E-state index contributed by atoms with van der Waals surface area (Å²) in [5, 5.41) is 7.66. The summed E-state index contributed by atoms with van der Waals surface area (Å²) >= 11 is 5.93. The van der Waals surface area contributed by atoms with Crippen molar-refractivity contribution in [3.63, 3.8) is 0 Å². The van der Waals surface area contributed by atoms with Crippen molar-refractivity contribution in [2.24, 2.45) is 0 Å². The first-order valence-corrected chi connectivity index (χ1v) is 5.23. The van der Waals surface area contributed by atoms with Gasteiger partial charge in [-0.25, -0.2) is 9.07 Å². The van der Waals surface area contributed by atoms with Crippen LogP contribution >= 0.6 is 11.6 Å². The van der Waals surface area contributed by atoms with Gasteiger partial charge < -0.3 is 5.32 Å². The average Bonchev–Trinajstić information content (AvgIpc) is 2.67. The highest BCUT2D eigenvalue weighted by Crippen LogP contribution is 2.20. The highest BCUT2D eigenvalue weighted by molar-refractivity contribution is 6.32. The molecule has 0 saturated carbocycles. The first kappa shape index (κ1) is 11.1. The molecule has 3 nitrogen and oxygen atoms in total. The van der Waals surface area contributed by atoms with E-state index in [2.05, 4.69) is 10.4 Å². The molecule has 1 aromatic heterocycles. The Kier molecular flexibility index (Phi) is 3.22. The van der Waals surface area contributed by atoms with E-state index in [1.807, 2.05) is 13.1 Å². The first-order chi connectivity index (χ1) is 7.70. The minimum atomic E-state index is -0.351. The maximum absolute atomic E-state index is 12.9. The van der Waals surface area contributed by atoms with E-state index in [0.29, 0.717) is 17.3 Å². The quantitative estimate of drug-likeness (QED) is 0.891. The van der Waals surface area contributed by atoms with Crippen molar-refractivity contribution < 1.29 is 4.39 Å². The van der Waals surface area contributed by atoms with Crippen LogP contribution in [0.4, 0.5) is 4.39 Å². The molecular weight excluding hydrogens is 229 g/mol. The number of aromatic nitrogens is 2. The molecule has 0 atom stereocenters. The summed E-state index contributed by atoms with van der Waals surface area (Å²) in [6.45, 7) is 0.686. The van der Waals surface area contributed by atoms with E-state index in [0.717, 1.165) is 5.69 Å². The molecule has 0 bridgehead atoms. The number of hydrogen-bond donors (Lipinski definition) is 1. The smallest absolute Gasteiger partial charge is 0.124 e. The Balaban J connectivity index is 2.35. The van der Waals surface area contributed by atoms with Crippen molar-refractivity contribution in [1.29, 1.82) is 0 Å². The first-order valence-electron chi connectivity index (χ1n) is 4.85. The predicted molar refractivity (Wildman–Crippen MR) is 61.3 cm³/mol. The van der Waals surface area contributed by atoms with E-state index in [4.69, 9.17) is 11.6 Å². The predicted octanol–water partition coefficient (Wildman–Crippen LogP) is 2.38. The van der Waals surface area contributed by atoms with Gasteiger partial charge in [-0.3, -0.25) is 0 Å². The fourth-order valence-electron chi connectivity index (χ4n) is 1.44. The standard InChI is InChI=1S/C11H11ClFN3/c1-14-7-9-4-5-16(15-9)11-3-2-8(13)6-10(11)12/h2-6,14H,7H2,1H3. The zero-order chi connectivity index (χ0) is 11.5. The largest absolute Gasteiger partial charge is 0.314 e. The average molecular weight is 240 g/mol. The zero-order valence-corrected chi connectivity index (χ0v) is 9.50. The van der Waals surface area contributed by atoms with Gasteiger partial charge in [0.05, 0.1) is 16.4 Å². The topological polar surface area (TPSA) is 29.9 Å². The van der Waals surface area contributed by atoms with Crippen LogP contribution in [0.25, 0.3) is 5.69 Å². The third-order valence-corrected chi connectivity index (χ3v) is 2.46. The minimum absolute atomic E-state index is 0.346. The van der Waals surface area contributed by atoms with E-state index in [1.165, 1.54) is 12.1 Å². The monoisotopic (exact) mass is 239 g/mol. The van der Waals surface area contributed by atoms with Crippen LogP contribution in [0.15, 0.2) is 30.5 Å². The lowest BCUT2D eigenvalue weighted by molar-refractivity contribution is 0.627. The number of nitrogens with zero attached hydrogens (tertiary/aromatic N) is 2. The maximum atomic E-state index is 12.9. The van der Waals surface area contributed by atoms with Gasteiger partial charge in [-0.15, -0.1) is 0 Å². The second-order valence-corrected chi connectivity index (χ2v) is 3.78. The van der Waals surface area contributed by atoms with Crippen LogP contribution in [-0.2, 0) is 6.54 Å². The molecule has 16 heavy (non-hydrogen) atoms. The molecule has 84 valence electrons. The normalized spacial score (nSPS) is 10.7. The number of nitrogens with one attached hydrogen (secondary N) is 1. The van der Waals surface area contributed by atoms with Crippen molar-refractivity contribution >= 4 is 11.6 Å². The molecule has 0 saturated heterocycles. The fraction of sp³-hybridized carbons (Fsp3) is 0.182. The Morgan fingerprint density at radius 1 is 1.44 bits per heavy atom. The number of benzene rings is 1. The van der Waals surface area contributed by atoms with Gasteiger partial charge in [0.2, 0.25) is 0 Å². The van der Waals surface area contributed by atoms with Crippen LogP contribution in [0.2, 0.25) is 5.02 Å². The molecule has 1 aromatic carbocycles. The van der Waals surface area contributed by atoms with Crippen LogP contribution in [-0.4, -0.2) is 16.8 Å². The van der Waals surface area contributed by atoms with E-state index in [1.54, 1.807) is 16.9 Å². The molecular formula is C11H11ClFN3. The van der Waals surface area contributed by atoms with Crippen molar-refractivity contribution in [3.8, 4) is 5.69 Å². The van der Waals surface area contributed by atoms with Crippen molar-refractivity contribution in [2.75, 3.05) is 7.05 Å². The van der Waals surface area contributed by atoms with Crippen LogP contribution in [0.3, 0.4) is 0 Å². The molecule has 0 aliphatic carbocycles. The van der Waals surface area contributed by atoms with E-state index in [9.17, 15) is 4.39 Å². The number of rotatable bonds is 3. The van der Waals surface area contributed by atoms with E-state index in [-0.39, 0.29) is 5.82 Å². The van der Waals surface area contributed by atoms with Crippen LogP contribution in [0.5, 0.6) is 0 Å². The molecule has 0 radical (unpaired) electrons. The zero-order valence-electron chi connectivity index (χ0n) is 8.74. The number of halogens is 2. The molecule has 0 fully saturated rings. The van der Waals surface area contributed by atoms with E-state index < -0.39 is 0 Å². The van der Waals surface area contributed by atoms with Crippen LogP contribution in [0.1, 0.15) is 5.69 Å². The van der Waals surface area contributed by atoms with Crippen molar-refractivity contribution in [2.45, 2.75) is 6.54 Å². The van der Waals surface area contributed by atoms with Gasteiger partial charge >= 0.3 is 0 Å². The summed E-state index contributed by atoms with van der Waals surface area (Å²) in [4.78, 5) is 0. The summed E-state index contributed by atoms with van der Waals surface area (Å²) in [5.74, 6) is -0.351. The molecule has 0 aliphatic heterocycles. The lowest BCUT2D eigenvalue weighted by Crippen LogP contribution is -2.06. The number of hydrogen-bond acceptors (Lipinski definition) is 2. The van der Waals surface area contributed by atoms with Crippen molar-refractivity contribution in [1.82, 2.24) is 15.1 Å². The summed E-state index contributed by atoms with van der Waals surface area (Å²) < 4.78 is 14.5. The molecule has 5 heteroatoms. The highest BCUT2D eigenvalue weighted by atomic mass is 35.5. The molecule has 0 unspecified atom stereocenters. The van der Waals surface area contributed by atoms with Gasteiger partial charge in [0.1, 0.15) is 5.82 Å². The molecule has 2 aromatic rings. The lowest BCUT2D eigenvalue weighted by Gasteiger charge is -2.03. The Morgan fingerprint density at radius 2 is 2.25 bits per heavy atom. The maximum Gasteiger partial charge on any atom is 0.124 e. The third-order valence-electron chi connectivity index (χ3n) is 2.16. The second kappa shape index (κ2) is 4.63. The summed E-state index contributed by atoms with van der Waals surface area (Å²) in [6.07, 6.45) is 1.80. The van der Waals surface area contributed by atoms with Gasteiger partial charge in [-0.05, 0) is 31.3 Å². The van der Waals surface area contributed by atoms with Crippen LogP contribution in [0, 0.1) is 5.82 Å². The highest BCUT2D eigenvalue weighted by Gasteiger charge is 2.05. The summed E-state index contributed by atoms with van der Waals surface area (Å²) in [7, 11) is 1.85. The molecule has 1 N–H and O–H groups in total. The third kappa shape index (κ3) is 2.23. The summed E-state index contributed by atoms with van der Waals surface area (Å²) in [5.41, 5.74) is 1.58. The molecule has 1 heterocycles. The molecule has 0 aliphatic rings. The Morgan fingerprint density at radius 3 is 2.94 bits per heavy atom. The Bertz CT molecular complexity index is 496. The van der Waals surface area contributed by atoms with E-state index >= 15 is 0 Å². The molecule has 0 spiro atoms. The van der Waals surface area contributed by atoms with Gasteiger partial charge in [-0.1, -0.05) is 11.6 Å². The minimum Gasteiger partial charge on any atom is -0.314 e. The SMILES string of the molecule is CNCc1ccn(-c2ccc(F)cc2Cl)n1. The Hall–Kier alpha value is -1.39. The van der Waals surface area contributed by atoms with Crippen LogP contribution < -0.4 is 5.32 Å². The second-order valence-electron chi connectivity index (χ2n) is 3.38. The molecule has 0 amide bonds.